The molecule has 0 saturated heterocycles. The first-order valence-corrected chi connectivity index (χ1v) is 4.10. The summed E-state index contributed by atoms with van der Waals surface area (Å²) in [5.74, 6) is -2.16. The van der Waals surface area contributed by atoms with Crippen molar-refractivity contribution >= 4 is 16.9 Å². The van der Waals surface area contributed by atoms with Crippen LogP contribution in [0.5, 0.6) is 5.75 Å². The summed E-state index contributed by atoms with van der Waals surface area (Å²) in [6.45, 7) is 0. The van der Waals surface area contributed by atoms with E-state index in [1.165, 1.54) is 6.07 Å². The van der Waals surface area contributed by atoms with Gasteiger partial charge in [-0.15, -0.1) is 0 Å². The predicted molar refractivity (Wildman–Crippen MR) is 50.3 cm³/mol. The molecule has 0 spiro atoms. The summed E-state index contributed by atoms with van der Waals surface area (Å²) in [6.07, 6.45) is 0.999. The molecule has 0 fully saturated rings. The van der Waals surface area contributed by atoms with Crippen molar-refractivity contribution in [3.63, 3.8) is 0 Å². The molecule has 0 saturated carbocycles. The molecule has 2 N–H and O–H groups in total. The first-order chi connectivity index (χ1) is 7.09. The molecule has 15 heavy (non-hydrogen) atoms. The summed E-state index contributed by atoms with van der Waals surface area (Å²) in [6, 6.07) is 3.55. The molecule has 0 unspecified atom stereocenters. The highest BCUT2D eigenvalue weighted by Crippen LogP contribution is 2.27. The number of aromatic nitrogens is 1. The van der Waals surface area contributed by atoms with Crippen molar-refractivity contribution in [2.45, 2.75) is 0 Å². The van der Waals surface area contributed by atoms with Gasteiger partial charge in [0.2, 0.25) is 0 Å². The normalized spacial score (nSPS) is 10.5. The van der Waals surface area contributed by atoms with Crippen molar-refractivity contribution in [1.29, 1.82) is 0 Å². The van der Waals surface area contributed by atoms with Crippen LogP contribution in [0.3, 0.4) is 0 Å². The molecule has 0 aliphatic heterocycles. The molecule has 1 heterocycles. The maximum atomic E-state index is 12.8. The Hall–Kier alpha value is -2.17. The van der Waals surface area contributed by atoms with Crippen molar-refractivity contribution in [2.24, 2.45) is 0 Å². The van der Waals surface area contributed by atoms with Crippen LogP contribution in [0.1, 0.15) is 10.4 Å². The lowest BCUT2D eigenvalue weighted by atomic mass is 10.1. The van der Waals surface area contributed by atoms with Crippen LogP contribution in [0, 0.1) is 5.82 Å². The van der Waals surface area contributed by atoms with Crippen LogP contribution in [0.25, 0.3) is 10.9 Å². The molecule has 76 valence electrons. The largest absolute Gasteiger partial charge is 0.506 e. The van der Waals surface area contributed by atoms with Crippen molar-refractivity contribution in [1.82, 2.24) is 4.98 Å². The van der Waals surface area contributed by atoms with E-state index in [-0.39, 0.29) is 16.5 Å². The fourth-order valence-electron chi connectivity index (χ4n) is 1.31. The predicted octanol–water partition coefficient (Wildman–Crippen LogP) is 1.78. The number of pyridine rings is 1. The Bertz CT molecular complexity index is 554. The highest BCUT2D eigenvalue weighted by atomic mass is 19.1. The minimum absolute atomic E-state index is 0.219. The van der Waals surface area contributed by atoms with Gasteiger partial charge in [0.05, 0.1) is 5.52 Å². The number of carboxylic acid groups (broad SMARTS) is 1. The Morgan fingerprint density at radius 1 is 1.40 bits per heavy atom. The number of aromatic hydroxyl groups is 1. The van der Waals surface area contributed by atoms with Crippen LogP contribution >= 0.6 is 0 Å². The maximum absolute atomic E-state index is 12.8. The number of hydrogen-bond donors (Lipinski definition) is 2. The third kappa shape index (κ3) is 1.48. The van der Waals surface area contributed by atoms with E-state index in [2.05, 4.69) is 4.98 Å². The lowest BCUT2D eigenvalue weighted by Gasteiger charge is -2.03. The molecule has 5 heteroatoms. The zero-order valence-electron chi connectivity index (χ0n) is 7.44. The topological polar surface area (TPSA) is 70.4 Å². The number of benzene rings is 1. The Balaban J connectivity index is 2.80. The Labute approximate surface area is 83.6 Å². The molecule has 0 radical (unpaired) electrons. The summed E-state index contributed by atoms with van der Waals surface area (Å²) in [5, 5.41) is 18.5. The third-order valence-corrected chi connectivity index (χ3v) is 2.03. The van der Waals surface area contributed by atoms with Crippen molar-refractivity contribution in [2.75, 3.05) is 0 Å². The molecule has 4 nitrogen and oxygen atoms in total. The standard InChI is InChI=1S/C10H6FNO3/c11-5-1-2-6-8(3-5)12-4-7(9(6)13)10(14)15/h1-4H,(H,12,13)(H,14,15). The number of carboxylic acids is 1. The number of fused-ring (bicyclic) bond motifs is 1. The van der Waals surface area contributed by atoms with E-state index in [4.69, 9.17) is 5.11 Å². The lowest BCUT2D eigenvalue weighted by Crippen LogP contribution is -1.98. The van der Waals surface area contributed by atoms with Gasteiger partial charge in [-0.2, -0.15) is 0 Å². The van der Waals surface area contributed by atoms with Crippen LogP contribution in [0.15, 0.2) is 24.4 Å². The van der Waals surface area contributed by atoms with E-state index < -0.39 is 17.5 Å². The van der Waals surface area contributed by atoms with E-state index in [9.17, 15) is 14.3 Å². The number of hydrogen-bond acceptors (Lipinski definition) is 3. The molecule has 0 atom stereocenters. The van der Waals surface area contributed by atoms with E-state index in [1.807, 2.05) is 0 Å². The van der Waals surface area contributed by atoms with Gasteiger partial charge < -0.3 is 10.2 Å². The molecule has 0 aliphatic rings. The van der Waals surface area contributed by atoms with Crippen LogP contribution in [-0.2, 0) is 0 Å². The number of nitrogens with zero attached hydrogens (tertiary/aromatic N) is 1. The average Bonchev–Trinajstić information content (AvgIpc) is 2.17. The molecule has 1 aromatic carbocycles. The van der Waals surface area contributed by atoms with Gasteiger partial charge in [-0.25, -0.2) is 9.18 Å². The van der Waals surface area contributed by atoms with E-state index in [0.717, 1.165) is 18.3 Å². The zero-order chi connectivity index (χ0) is 11.0. The van der Waals surface area contributed by atoms with Gasteiger partial charge in [0.25, 0.3) is 0 Å². The second-order valence-electron chi connectivity index (χ2n) is 2.99. The second kappa shape index (κ2) is 3.20. The van der Waals surface area contributed by atoms with Gasteiger partial charge >= 0.3 is 5.97 Å². The second-order valence-corrected chi connectivity index (χ2v) is 2.99. The minimum atomic E-state index is -1.27. The van der Waals surface area contributed by atoms with Crippen LogP contribution in [0.2, 0.25) is 0 Å². The first kappa shape index (κ1) is 9.39. The summed E-state index contributed by atoms with van der Waals surface area (Å²) in [4.78, 5) is 14.4. The van der Waals surface area contributed by atoms with Crippen molar-refractivity contribution < 1.29 is 19.4 Å². The molecular formula is C10H6FNO3. The number of carbonyl (C=O) groups is 1. The Kier molecular flexibility index (Phi) is 2.00. The van der Waals surface area contributed by atoms with E-state index >= 15 is 0 Å². The first-order valence-electron chi connectivity index (χ1n) is 4.10. The highest BCUT2D eigenvalue weighted by molar-refractivity contribution is 5.98. The van der Waals surface area contributed by atoms with Crippen LogP contribution < -0.4 is 0 Å². The van der Waals surface area contributed by atoms with Crippen molar-refractivity contribution in [3.05, 3.63) is 35.8 Å². The van der Waals surface area contributed by atoms with Gasteiger partial charge in [0.1, 0.15) is 17.1 Å². The Morgan fingerprint density at radius 2 is 2.13 bits per heavy atom. The van der Waals surface area contributed by atoms with Gasteiger partial charge in [-0.1, -0.05) is 0 Å². The average molecular weight is 207 g/mol. The molecule has 2 rings (SSSR count). The zero-order valence-corrected chi connectivity index (χ0v) is 7.44. The SMILES string of the molecule is O=C(O)c1cnc2cc(F)ccc2c1O. The lowest BCUT2D eigenvalue weighted by molar-refractivity contribution is 0.0693. The third-order valence-electron chi connectivity index (χ3n) is 2.03. The minimum Gasteiger partial charge on any atom is -0.506 e. The van der Waals surface area contributed by atoms with Crippen molar-refractivity contribution in [3.8, 4) is 5.75 Å². The summed E-state index contributed by atoms with van der Waals surface area (Å²) in [5.41, 5.74) is -0.0772. The van der Waals surface area contributed by atoms with Crippen LogP contribution in [-0.4, -0.2) is 21.2 Å². The summed E-state index contributed by atoms with van der Waals surface area (Å²) < 4.78 is 12.8. The van der Waals surface area contributed by atoms with E-state index in [1.54, 1.807) is 0 Å². The van der Waals surface area contributed by atoms with Gasteiger partial charge in [0.15, 0.2) is 0 Å². The quantitative estimate of drug-likeness (QED) is 0.747. The number of halogens is 1. The molecule has 0 amide bonds. The molecule has 1 aromatic heterocycles. The Morgan fingerprint density at radius 3 is 2.80 bits per heavy atom. The van der Waals surface area contributed by atoms with Crippen LogP contribution in [0.4, 0.5) is 4.39 Å². The summed E-state index contributed by atoms with van der Waals surface area (Å²) >= 11 is 0. The fraction of sp³-hybridized carbons (Fsp3) is 0. The summed E-state index contributed by atoms with van der Waals surface area (Å²) in [7, 11) is 0. The smallest absolute Gasteiger partial charge is 0.341 e. The molecule has 2 aromatic rings. The molecule has 0 bridgehead atoms. The number of aromatic carboxylic acids is 1. The van der Waals surface area contributed by atoms with Gasteiger partial charge in [0, 0.05) is 17.6 Å². The van der Waals surface area contributed by atoms with Gasteiger partial charge in [-0.05, 0) is 12.1 Å². The van der Waals surface area contributed by atoms with E-state index in [0.29, 0.717) is 0 Å². The maximum Gasteiger partial charge on any atom is 0.341 e. The molecule has 0 aliphatic carbocycles. The monoisotopic (exact) mass is 207 g/mol. The molecular weight excluding hydrogens is 201 g/mol. The fourth-order valence-corrected chi connectivity index (χ4v) is 1.31. The van der Waals surface area contributed by atoms with Gasteiger partial charge in [-0.3, -0.25) is 4.98 Å². The highest BCUT2D eigenvalue weighted by Gasteiger charge is 2.13. The number of rotatable bonds is 1.